The van der Waals surface area contributed by atoms with Crippen molar-refractivity contribution in [2.45, 2.75) is 19.3 Å². The molecule has 1 aromatic rings. The quantitative estimate of drug-likeness (QED) is 0.796. The first kappa shape index (κ1) is 19.1. The van der Waals surface area contributed by atoms with Crippen molar-refractivity contribution in [3.05, 3.63) is 29.6 Å². The average Bonchev–Trinajstić information content (AvgIpc) is 3.10. The van der Waals surface area contributed by atoms with Gasteiger partial charge in [-0.1, -0.05) is 0 Å². The molecule has 1 atom stereocenters. The van der Waals surface area contributed by atoms with Crippen LogP contribution in [-0.4, -0.2) is 63.1 Å². The lowest BCUT2D eigenvalue weighted by molar-refractivity contribution is 0.0778. The number of amides is 1. The second-order valence-corrected chi connectivity index (χ2v) is 9.13. The van der Waals surface area contributed by atoms with Crippen LogP contribution in [0.4, 0.5) is 4.39 Å². The van der Waals surface area contributed by atoms with Crippen molar-refractivity contribution in [2.75, 3.05) is 39.5 Å². The maximum atomic E-state index is 13.8. The summed E-state index contributed by atoms with van der Waals surface area (Å²) < 4.78 is 43.5. The fraction of sp³-hybridized carbons (Fsp3) is 0.611. The maximum absolute atomic E-state index is 13.8. The van der Waals surface area contributed by atoms with Crippen LogP contribution in [0.15, 0.2) is 18.2 Å². The molecule has 0 bridgehead atoms. The molecule has 0 radical (unpaired) electrons. The molecule has 1 unspecified atom stereocenters. The second-order valence-electron chi connectivity index (χ2n) is 7.15. The van der Waals surface area contributed by atoms with E-state index in [1.807, 2.05) is 0 Å². The van der Waals surface area contributed by atoms with Gasteiger partial charge in [0.2, 0.25) is 10.0 Å². The van der Waals surface area contributed by atoms with Gasteiger partial charge in [-0.15, -0.1) is 0 Å². The lowest BCUT2D eigenvalue weighted by atomic mass is 9.84. The number of hydrogen-bond acceptors (Lipinski definition) is 4. The Morgan fingerprint density at radius 2 is 1.81 bits per heavy atom. The number of carbonyl (C=O) groups excluding carboxylic acids is 1. The molecule has 1 aromatic carbocycles. The smallest absolute Gasteiger partial charge is 0.253 e. The molecule has 0 spiro atoms. The molecule has 6 nitrogen and oxygen atoms in total. The van der Waals surface area contributed by atoms with Gasteiger partial charge >= 0.3 is 0 Å². The minimum atomic E-state index is -3.12. The molecule has 3 rings (SSSR count). The van der Waals surface area contributed by atoms with Gasteiger partial charge in [0.1, 0.15) is 0 Å². The Hall–Kier alpha value is -1.67. The van der Waals surface area contributed by atoms with Gasteiger partial charge in [-0.3, -0.25) is 4.79 Å². The zero-order valence-corrected chi connectivity index (χ0v) is 16.0. The normalized spacial score (nSPS) is 22.6. The van der Waals surface area contributed by atoms with Crippen molar-refractivity contribution in [3.63, 3.8) is 0 Å². The summed E-state index contributed by atoms with van der Waals surface area (Å²) in [5.74, 6) is 0.227. The lowest BCUT2D eigenvalue weighted by Crippen LogP contribution is -2.40. The SMILES string of the molecule is COc1ccc(C(=O)N2CCC(C3CCN(S(C)(=O)=O)CC3)C2)cc1F. The van der Waals surface area contributed by atoms with E-state index in [4.69, 9.17) is 4.74 Å². The highest BCUT2D eigenvalue weighted by Crippen LogP contribution is 2.33. The molecule has 26 heavy (non-hydrogen) atoms. The third-order valence-electron chi connectivity index (χ3n) is 5.54. The van der Waals surface area contributed by atoms with Crippen LogP contribution in [0.25, 0.3) is 0 Å². The molecule has 2 aliphatic rings. The standard InChI is InChI=1S/C18H25FN2O4S/c1-25-17-4-3-14(11-16(17)19)18(22)20-8-5-15(12-20)13-6-9-21(10-7-13)26(2,23)24/h3-4,11,13,15H,5-10,12H2,1-2H3. The lowest BCUT2D eigenvalue weighted by Gasteiger charge is -2.33. The average molecular weight is 384 g/mol. The van der Waals surface area contributed by atoms with E-state index in [-0.39, 0.29) is 11.7 Å². The minimum absolute atomic E-state index is 0.124. The molecule has 0 saturated carbocycles. The van der Waals surface area contributed by atoms with Crippen LogP contribution in [0.2, 0.25) is 0 Å². The predicted octanol–water partition coefficient (Wildman–Crippen LogP) is 1.97. The van der Waals surface area contributed by atoms with Crippen LogP contribution >= 0.6 is 0 Å². The second kappa shape index (κ2) is 7.52. The number of nitrogens with zero attached hydrogens (tertiary/aromatic N) is 2. The Morgan fingerprint density at radius 1 is 1.15 bits per heavy atom. The first-order valence-electron chi connectivity index (χ1n) is 8.87. The monoisotopic (exact) mass is 384 g/mol. The van der Waals surface area contributed by atoms with Gasteiger partial charge in [-0.2, -0.15) is 0 Å². The highest BCUT2D eigenvalue weighted by Gasteiger charge is 2.35. The molecule has 0 N–H and O–H groups in total. The summed E-state index contributed by atoms with van der Waals surface area (Å²) in [5, 5.41) is 0. The zero-order valence-electron chi connectivity index (χ0n) is 15.2. The topological polar surface area (TPSA) is 66.9 Å². The van der Waals surface area contributed by atoms with Crippen molar-refractivity contribution >= 4 is 15.9 Å². The van der Waals surface area contributed by atoms with E-state index in [0.717, 1.165) is 19.3 Å². The number of piperidine rings is 1. The number of halogens is 1. The van der Waals surface area contributed by atoms with Crippen molar-refractivity contribution in [2.24, 2.45) is 11.8 Å². The number of ether oxygens (including phenoxy) is 1. The van der Waals surface area contributed by atoms with Crippen LogP contribution in [0.3, 0.4) is 0 Å². The third kappa shape index (κ3) is 4.01. The summed E-state index contributed by atoms with van der Waals surface area (Å²) in [7, 11) is -1.73. The van der Waals surface area contributed by atoms with E-state index in [1.165, 1.54) is 29.8 Å². The predicted molar refractivity (Wildman–Crippen MR) is 96.1 cm³/mol. The van der Waals surface area contributed by atoms with Gasteiger partial charge in [0.05, 0.1) is 13.4 Å². The largest absolute Gasteiger partial charge is 0.494 e. The van der Waals surface area contributed by atoms with E-state index in [0.29, 0.717) is 43.6 Å². The van der Waals surface area contributed by atoms with E-state index >= 15 is 0 Å². The first-order valence-corrected chi connectivity index (χ1v) is 10.7. The molecule has 0 aliphatic carbocycles. The van der Waals surface area contributed by atoms with Gasteiger partial charge < -0.3 is 9.64 Å². The number of rotatable bonds is 4. The van der Waals surface area contributed by atoms with Gasteiger partial charge in [0, 0.05) is 31.7 Å². The van der Waals surface area contributed by atoms with Crippen LogP contribution in [0.1, 0.15) is 29.6 Å². The fourth-order valence-electron chi connectivity index (χ4n) is 4.02. The number of benzene rings is 1. The Balaban J connectivity index is 1.59. The molecular weight excluding hydrogens is 359 g/mol. The number of likely N-dealkylation sites (tertiary alicyclic amines) is 1. The zero-order chi connectivity index (χ0) is 18.9. The molecule has 0 aromatic heterocycles. The number of hydrogen-bond donors (Lipinski definition) is 0. The summed E-state index contributed by atoms with van der Waals surface area (Å²) in [6.45, 7) is 2.41. The van der Waals surface area contributed by atoms with Crippen molar-refractivity contribution in [1.29, 1.82) is 0 Å². The molecule has 8 heteroatoms. The van der Waals surface area contributed by atoms with E-state index in [9.17, 15) is 17.6 Å². The summed E-state index contributed by atoms with van der Waals surface area (Å²) in [4.78, 5) is 14.4. The van der Waals surface area contributed by atoms with Crippen LogP contribution < -0.4 is 4.74 Å². The Morgan fingerprint density at radius 3 is 2.38 bits per heavy atom. The summed E-state index contributed by atoms with van der Waals surface area (Å²) >= 11 is 0. The van der Waals surface area contributed by atoms with E-state index < -0.39 is 15.8 Å². The molecular formula is C18H25FN2O4S. The van der Waals surface area contributed by atoms with Gasteiger partial charge in [-0.25, -0.2) is 17.1 Å². The van der Waals surface area contributed by atoms with Crippen molar-refractivity contribution < 1.29 is 22.3 Å². The Kier molecular flexibility index (Phi) is 5.53. The first-order chi connectivity index (χ1) is 12.3. The number of carbonyl (C=O) groups is 1. The molecule has 2 aliphatic heterocycles. The minimum Gasteiger partial charge on any atom is -0.494 e. The van der Waals surface area contributed by atoms with E-state index in [2.05, 4.69) is 0 Å². The molecule has 1 amide bonds. The molecule has 2 fully saturated rings. The van der Waals surface area contributed by atoms with Gasteiger partial charge in [0.15, 0.2) is 11.6 Å². The molecule has 2 heterocycles. The highest BCUT2D eigenvalue weighted by atomic mass is 32.2. The third-order valence-corrected chi connectivity index (χ3v) is 6.85. The van der Waals surface area contributed by atoms with Gasteiger partial charge in [0.25, 0.3) is 5.91 Å². The Bertz CT molecular complexity index is 775. The maximum Gasteiger partial charge on any atom is 0.253 e. The summed E-state index contributed by atoms with van der Waals surface area (Å²) in [6.07, 6.45) is 3.82. The summed E-state index contributed by atoms with van der Waals surface area (Å²) in [5.41, 5.74) is 0.329. The van der Waals surface area contributed by atoms with Crippen LogP contribution in [-0.2, 0) is 10.0 Å². The highest BCUT2D eigenvalue weighted by molar-refractivity contribution is 7.88. The molecule has 144 valence electrons. The van der Waals surface area contributed by atoms with Crippen molar-refractivity contribution in [1.82, 2.24) is 9.21 Å². The fourth-order valence-corrected chi connectivity index (χ4v) is 4.89. The number of methoxy groups -OCH3 is 1. The van der Waals surface area contributed by atoms with E-state index in [1.54, 1.807) is 11.0 Å². The summed E-state index contributed by atoms with van der Waals surface area (Å²) in [6, 6.07) is 4.28. The number of sulfonamides is 1. The van der Waals surface area contributed by atoms with Crippen molar-refractivity contribution in [3.8, 4) is 5.75 Å². The Labute approximate surface area is 154 Å². The van der Waals surface area contributed by atoms with Crippen LogP contribution in [0.5, 0.6) is 5.75 Å². The van der Waals surface area contributed by atoms with Crippen LogP contribution in [0, 0.1) is 17.7 Å². The molecule has 2 saturated heterocycles. The van der Waals surface area contributed by atoms with Gasteiger partial charge in [-0.05, 0) is 49.3 Å².